The van der Waals surface area contributed by atoms with Crippen molar-refractivity contribution in [1.29, 1.82) is 0 Å². The molecule has 2 aliphatic heterocycles. The molecule has 0 radical (unpaired) electrons. The Morgan fingerprint density at radius 1 is 0.906 bits per heavy atom. The maximum Gasteiger partial charge on any atom is 0.240 e. The number of allylic oxidation sites excluding steroid dienone is 1. The molecule has 5 nitrogen and oxygen atoms in total. The van der Waals surface area contributed by atoms with Gasteiger partial charge in [-0.05, 0) is 53.5 Å². The number of ether oxygens (including phenoxy) is 1. The molecular weight excluding hydrogens is 400 g/mol. The van der Waals surface area contributed by atoms with Crippen molar-refractivity contribution in [2.45, 2.75) is 12.5 Å². The highest BCUT2D eigenvalue weighted by atomic mass is 16.5. The lowest BCUT2D eigenvalue weighted by Crippen LogP contribution is -2.39. The van der Waals surface area contributed by atoms with E-state index in [2.05, 4.69) is 17.4 Å². The molecule has 2 amide bonds. The monoisotopic (exact) mass is 422 g/mol. The van der Waals surface area contributed by atoms with Gasteiger partial charge >= 0.3 is 0 Å². The van der Waals surface area contributed by atoms with Gasteiger partial charge in [-0.3, -0.25) is 9.59 Å². The first-order valence-corrected chi connectivity index (χ1v) is 10.8. The number of methoxy groups -OCH3 is 1. The normalized spacial score (nSPS) is 23.5. The Kier molecular flexibility index (Phi) is 4.18. The Labute approximate surface area is 186 Å². The van der Waals surface area contributed by atoms with E-state index in [1.54, 1.807) is 7.11 Å². The van der Waals surface area contributed by atoms with Crippen molar-refractivity contribution in [3.63, 3.8) is 0 Å². The maximum atomic E-state index is 13.6. The number of benzene rings is 3. The summed E-state index contributed by atoms with van der Waals surface area (Å²) in [7, 11) is 1.65. The van der Waals surface area contributed by atoms with E-state index >= 15 is 0 Å². The van der Waals surface area contributed by atoms with Crippen LogP contribution in [0.5, 0.6) is 5.75 Å². The van der Waals surface area contributed by atoms with Crippen LogP contribution in [-0.4, -0.2) is 25.0 Å². The molecule has 3 aliphatic rings. The fourth-order valence-corrected chi connectivity index (χ4v) is 5.44. The molecule has 6 rings (SSSR count). The van der Waals surface area contributed by atoms with E-state index in [1.807, 2.05) is 66.7 Å². The van der Waals surface area contributed by atoms with Crippen LogP contribution < -0.4 is 15.0 Å². The summed E-state index contributed by atoms with van der Waals surface area (Å²) in [5, 5.41) is 3.57. The summed E-state index contributed by atoms with van der Waals surface area (Å²) in [6.45, 7) is 0. The number of imide groups is 1. The zero-order chi connectivity index (χ0) is 21.8. The average Bonchev–Trinajstić information content (AvgIpc) is 3.34. The molecule has 0 saturated carbocycles. The molecule has 2 heterocycles. The van der Waals surface area contributed by atoms with E-state index in [-0.39, 0.29) is 17.9 Å². The quantitative estimate of drug-likeness (QED) is 0.627. The topological polar surface area (TPSA) is 58.6 Å². The highest BCUT2D eigenvalue weighted by molar-refractivity contribution is 6.24. The van der Waals surface area contributed by atoms with Gasteiger partial charge in [0.1, 0.15) is 5.75 Å². The number of nitrogens with zero attached hydrogens (tertiary/aromatic N) is 1. The number of amides is 2. The van der Waals surface area contributed by atoms with Gasteiger partial charge in [0.2, 0.25) is 11.8 Å². The smallest absolute Gasteiger partial charge is 0.240 e. The van der Waals surface area contributed by atoms with Crippen LogP contribution in [0.15, 0.2) is 78.9 Å². The molecule has 1 unspecified atom stereocenters. The third-order valence-corrected chi connectivity index (χ3v) is 6.86. The van der Waals surface area contributed by atoms with Crippen LogP contribution in [-0.2, 0) is 9.59 Å². The van der Waals surface area contributed by atoms with Gasteiger partial charge in [-0.2, -0.15) is 0 Å². The van der Waals surface area contributed by atoms with E-state index in [9.17, 15) is 9.59 Å². The van der Waals surface area contributed by atoms with Crippen molar-refractivity contribution in [3.8, 4) is 5.75 Å². The zero-order valence-corrected chi connectivity index (χ0v) is 17.6. The van der Waals surface area contributed by atoms with Gasteiger partial charge < -0.3 is 10.1 Å². The van der Waals surface area contributed by atoms with Crippen LogP contribution in [0.3, 0.4) is 0 Å². The predicted octanol–water partition coefficient (Wildman–Crippen LogP) is 4.61. The fraction of sp³-hybridized carbons (Fsp3) is 0.185. The van der Waals surface area contributed by atoms with Crippen LogP contribution in [0.1, 0.15) is 17.5 Å². The summed E-state index contributed by atoms with van der Waals surface area (Å²) in [4.78, 5) is 28.5. The van der Waals surface area contributed by atoms with E-state index in [1.165, 1.54) is 4.90 Å². The van der Waals surface area contributed by atoms with Crippen LogP contribution in [0.2, 0.25) is 0 Å². The summed E-state index contributed by atoms with van der Waals surface area (Å²) in [6, 6.07) is 25.1. The molecule has 3 aromatic rings. The molecule has 3 atom stereocenters. The molecule has 0 bridgehead atoms. The third-order valence-electron chi connectivity index (χ3n) is 6.86. The Hall–Kier alpha value is -3.86. The fourth-order valence-electron chi connectivity index (χ4n) is 5.44. The number of hydrogen-bond donors (Lipinski definition) is 1. The summed E-state index contributed by atoms with van der Waals surface area (Å²) >= 11 is 0. The number of fused-ring (bicyclic) bond motifs is 5. The van der Waals surface area contributed by atoms with Gasteiger partial charge in [-0.15, -0.1) is 0 Å². The Morgan fingerprint density at radius 3 is 2.34 bits per heavy atom. The van der Waals surface area contributed by atoms with Crippen molar-refractivity contribution < 1.29 is 14.3 Å². The van der Waals surface area contributed by atoms with Crippen molar-refractivity contribution in [3.05, 3.63) is 90.0 Å². The number of rotatable bonds is 3. The largest absolute Gasteiger partial charge is 0.497 e. The third kappa shape index (κ3) is 2.64. The van der Waals surface area contributed by atoms with Gasteiger partial charge in [0.05, 0.1) is 30.7 Å². The molecule has 3 aromatic carbocycles. The predicted molar refractivity (Wildman–Crippen MR) is 124 cm³/mol. The van der Waals surface area contributed by atoms with Crippen LogP contribution in [0, 0.1) is 11.8 Å². The van der Waals surface area contributed by atoms with Crippen molar-refractivity contribution in [2.75, 3.05) is 17.3 Å². The summed E-state index contributed by atoms with van der Waals surface area (Å²) in [5.74, 6) is -0.311. The van der Waals surface area contributed by atoms with Crippen LogP contribution in [0.4, 0.5) is 11.4 Å². The molecule has 1 saturated heterocycles. The average molecular weight is 422 g/mol. The minimum absolute atomic E-state index is 0.117. The number of hydrogen-bond acceptors (Lipinski definition) is 4. The molecular formula is C27H22N2O3. The minimum Gasteiger partial charge on any atom is -0.497 e. The SMILES string of the molecule is COc1ccc2c(c1)C1=C(c3ccccc3)C[C@H]3C(=O)N(c4ccccc4)C(=O)[C@H]3C1N2. The first-order chi connectivity index (χ1) is 15.7. The maximum absolute atomic E-state index is 13.6. The first-order valence-electron chi connectivity index (χ1n) is 10.8. The lowest BCUT2D eigenvalue weighted by atomic mass is 9.72. The summed E-state index contributed by atoms with van der Waals surface area (Å²) < 4.78 is 5.48. The van der Waals surface area contributed by atoms with E-state index in [0.717, 1.165) is 33.7 Å². The van der Waals surface area contributed by atoms with Gasteiger partial charge in [0.25, 0.3) is 0 Å². The molecule has 158 valence electrons. The highest BCUT2D eigenvalue weighted by Gasteiger charge is 2.56. The second-order valence-electron chi connectivity index (χ2n) is 8.48. The van der Waals surface area contributed by atoms with Gasteiger partial charge in [0.15, 0.2) is 0 Å². The second kappa shape index (κ2) is 7.09. The number of carbonyl (C=O) groups is 2. The van der Waals surface area contributed by atoms with Gasteiger partial charge in [-0.1, -0.05) is 48.5 Å². The standard InChI is InChI=1S/C27H22N2O3/c1-32-18-12-13-22-20(14-18)23-19(16-8-4-2-5-9-16)15-21-24(25(23)28-22)27(31)29(26(21)30)17-10-6-3-7-11-17/h2-14,21,24-25,28H,15H2,1H3/t21-,24-,25?/m1/s1. The van der Waals surface area contributed by atoms with Gasteiger partial charge in [0, 0.05) is 11.3 Å². The van der Waals surface area contributed by atoms with Crippen molar-refractivity contribution in [1.82, 2.24) is 0 Å². The molecule has 0 aromatic heterocycles. The molecule has 1 fully saturated rings. The van der Waals surface area contributed by atoms with E-state index in [4.69, 9.17) is 4.74 Å². The second-order valence-corrected chi connectivity index (χ2v) is 8.48. The van der Waals surface area contributed by atoms with Gasteiger partial charge in [-0.25, -0.2) is 4.90 Å². The minimum atomic E-state index is -0.441. The number of carbonyl (C=O) groups excluding carboxylic acids is 2. The van der Waals surface area contributed by atoms with Crippen LogP contribution >= 0.6 is 0 Å². The van der Waals surface area contributed by atoms with Crippen LogP contribution in [0.25, 0.3) is 11.1 Å². The first kappa shape index (κ1) is 18.9. The number of para-hydroxylation sites is 1. The summed E-state index contributed by atoms with van der Waals surface area (Å²) in [6.07, 6.45) is 0.534. The summed E-state index contributed by atoms with van der Waals surface area (Å²) in [5.41, 5.74) is 5.96. The Morgan fingerprint density at radius 2 is 1.62 bits per heavy atom. The lowest BCUT2D eigenvalue weighted by molar-refractivity contribution is -0.122. The van der Waals surface area contributed by atoms with E-state index < -0.39 is 11.8 Å². The Bertz CT molecular complexity index is 1270. The number of anilines is 2. The molecule has 1 aliphatic carbocycles. The molecule has 0 spiro atoms. The molecule has 32 heavy (non-hydrogen) atoms. The number of nitrogens with one attached hydrogen (secondary N) is 1. The zero-order valence-electron chi connectivity index (χ0n) is 17.6. The molecule has 1 N–H and O–H groups in total. The molecule has 5 heteroatoms. The lowest BCUT2D eigenvalue weighted by Gasteiger charge is -2.31. The van der Waals surface area contributed by atoms with Crippen molar-refractivity contribution >= 4 is 34.3 Å². The van der Waals surface area contributed by atoms with E-state index in [0.29, 0.717) is 12.1 Å². The highest BCUT2D eigenvalue weighted by Crippen LogP contribution is 2.53. The Balaban J connectivity index is 1.52. The van der Waals surface area contributed by atoms with Crippen molar-refractivity contribution in [2.24, 2.45) is 11.8 Å².